The number of pyridine rings is 1. The van der Waals surface area contributed by atoms with Crippen molar-refractivity contribution in [2.45, 2.75) is 17.1 Å². The van der Waals surface area contributed by atoms with Gasteiger partial charge in [0.05, 0.1) is 17.9 Å². The molecule has 1 aliphatic rings. The summed E-state index contributed by atoms with van der Waals surface area (Å²) in [4.78, 5) is 2.91. The highest BCUT2D eigenvalue weighted by atomic mass is 79.9. The zero-order valence-electron chi connectivity index (χ0n) is 18.0. The predicted octanol–water partition coefficient (Wildman–Crippen LogP) is 6.16. The smallest absolute Gasteiger partial charge is 0.278 e. The van der Waals surface area contributed by atoms with E-state index in [1.165, 1.54) is 30.6 Å². The summed E-state index contributed by atoms with van der Waals surface area (Å²) in [6, 6.07) is 11.7. The third kappa shape index (κ3) is 4.20. The van der Waals surface area contributed by atoms with E-state index in [-0.39, 0.29) is 0 Å². The Bertz CT molecular complexity index is 1570. The molecule has 1 atom stereocenters. The van der Waals surface area contributed by atoms with Crippen molar-refractivity contribution in [1.29, 1.82) is 0 Å². The van der Waals surface area contributed by atoms with E-state index in [0.29, 0.717) is 44.7 Å². The molecule has 4 aromatic rings. The van der Waals surface area contributed by atoms with Crippen molar-refractivity contribution in [3.05, 3.63) is 106 Å². The molecule has 0 aliphatic carbocycles. The molecule has 2 aromatic carbocycles. The van der Waals surface area contributed by atoms with Gasteiger partial charge in [0.25, 0.3) is 10.0 Å². The minimum absolute atomic E-state index is 0.395. The first kappa shape index (κ1) is 24.2. The van der Waals surface area contributed by atoms with Gasteiger partial charge in [-0.15, -0.1) is 0 Å². The fourth-order valence-corrected chi connectivity index (χ4v) is 6.09. The molecule has 2 aromatic heterocycles. The average molecular weight is 579 g/mol. The van der Waals surface area contributed by atoms with Crippen LogP contribution >= 0.6 is 15.9 Å². The van der Waals surface area contributed by atoms with Crippen LogP contribution in [-0.2, 0) is 16.2 Å². The molecule has 0 bridgehead atoms. The molecule has 3 heterocycles. The highest BCUT2D eigenvalue weighted by molar-refractivity contribution is 9.10. The van der Waals surface area contributed by atoms with Crippen LogP contribution in [0.4, 0.5) is 17.6 Å². The summed E-state index contributed by atoms with van der Waals surface area (Å²) in [7, 11) is -4.34. The minimum atomic E-state index is -4.70. The first-order chi connectivity index (χ1) is 17.1. The third-order valence-electron chi connectivity index (χ3n) is 5.72. The predicted molar refractivity (Wildman–Crippen MR) is 127 cm³/mol. The molecule has 5 rings (SSSR count). The van der Waals surface area contributed by atoms with Gasteiger partial charge in [-0.1, -0.05) is 30.3 Å². The second-order valence-electron chi connectivity index (χ2n) is 7.88. The van der Waals surface area contributed by atoms with Gasteiger partial charge in [0.2, 0.25) is 0 Å². The molecule has 1 unspecified atom stereocenters. The minimum Gasteiger partial charge on any atom is -0.278 e. The molecule has 1 N–H and O–H groups in total. The van der Waals surface area contributed by atoms with Crippen molar-refractivity contribution < 1.29 is 26.0 Å². The Hall–Kier alpha value is -3.51. The van der Waals surface area contributed by atoms with Crippen LogP contribution in [0.1, 0.15) is 28.6 Å². The first-order valence-corrected chi connectivity index (χ1v) is 12.6. The Kier molecular flexibility index (Phi) is 5.95. The number of aromatic nitrogens is 3. The number of hydrogen-bond donors (Lipinski definition) is 1. The van der Waals surface area contributed by atoms with E-state index in [9.17, 15) is 26.0 Å². The van der Waals surface area contributed by atoms with Gasteiger partial charge in [0.15, 0.2) is 0 Å². The summed E-state index contributed by atoms with van der Waals surface area (Å²) in [6.07, 6.45) is 0.333. The second-order valence-corrected chi connectivity index (χ2v) is 10.5. The number of fused-ring (bicyclic) bond motifs is 1. The van der Waals surface area contributed by atoms with Crippen molar-refractivity contribution in [2.24, 2.45) is 0 Å². The van der Waals surface area contributed by atoms with Gasteiger partial charge in [0, 0.05) is 22.4 Å². The summed E-state index contributed by atoms with van der Waals surface area (Å²) in [5.74, 6) is -0.395. The van der Waals surface area contributed by atoms with Crippen molar-refractivity contribution >= 4 is 32.0 Å². The molecule has 12 heteroatoms. The molecule has 0 amide bonds. The number of aromatic amines is 1. The van der Waals surface area contributed by atoms with Crippen LogP contribution in [0.15, 0.2) is 82.6 Å². The van der Waals surface area contributed by atoms with Gasteiger partial charge in [-0.3, -0.25) is 14.4 Å². The number of benzene rings is 2. The summed E-state index contributed by atoms with van der Waals surface area (Å²) in [6.45, 7) is 0. The van der Waals surface area contributed by atoms with E-state index in [1.54, 1.807) is 30.3 Å². The zero-order chi connectivity index (χ0) is 25.7. The lowest BCUT2D eigenvalue weighted by Crippen LogP contribution is -2.33. The van der Waals surface area contributed by atoms with Crippen LogP contribution in [0, 0.1) is 5.82 Å². The summed E-state index contributed by atoms with van der Waals surface area (Å²) < 4.78 is 81.2. The molecule has 36 heavy (non-hydrogen) atoms. The lowest BCUT2D eigenvalue weighted by Gasteiger charge is -2.33. The van der Waals surface area contributed by atoms with Crippen LogP contribution in [0.2, 0.25) is 0 Å². The largest absolute Gasteiger partial charge is 0.433 e. The lowest BCUT2D eigenvalue weighted by atomic mass is 9.94. The van der Waals surface area contributed by atoms with E-state index < -0.39 is 38.6 Å². The standard InChI is InChI=1S/C24H15BrF4N4O2S/c25-22-17(14-4-6-15(26)7-5-14)2-1-3-18(22)23-19-13-31-32-20(19)10-11-33(23)36(34,35)16-8-9-21(30-12-16)24(27,28)29/h1-13,23H,(H,31,32). The quantitative estimate of drug-likeness (QED) is 0.294. The monoisotopic (exact) mass is 578 g/mol. The maximum absolute atomic E-state index is 13.6. The molecule has 184 valence electrons. The Morgan fingerprint density at radius 1 is 0.972 bits per heavy atom. The fraction of sp³-hybridized carbons (Fsp3) is 0.0833. The summed E-state index contributed by atoms with van der Waals surface area (Å²) in [5.41, 5.74) is 1.87. The SMILES string of the molecule is O=S(=O)(c1ccc(C(F)(F)F)nc1)N1C=Cc2[nH]ncc2C1c1cccc(-c2ccc(F)cc2)c1Br. The highest BCUT2D eigenvalue weighted by Crippen LogP contribution is 2.43. The molecular formula is C24H15BrF4N4O2S. The maximum Gasteiger partial charge on any atom is 0.433 e. The Balaban J connectivity index is 1.63. The Morgan fingerprint density at radius 3 is 2.39 bits per heavy atom. The normalized spacial score (nSPS) is 15.7. The molecule has 6 nitrogen and oxygen atoms in total. The van der Waals surface area contributed by atoms with Crippen molar-refractivity contribution in [3.63, 3.8) is 0 Å². The molecule has 0 radical (unpaired) electrons. The highest BCUT2D eigenvalue weighted by Gasteiger charge is 2.38. The van der Waals surface area contributed by atoms with Crippen LogP contribution in [0.25, 0.3) is 17.2 Å². The van der Waals surface area contributed by atoms with E-state index >= 15 is 0 Å². The first-order valence-electron chi connectivity index (χ1n) is 10.4. The molecule has 1 aliphatic heterocycles. The van der Waals surface area contributed by atoms with Gasteiger partial charge >= 0.3 is 6.18 Å². The van der Waals surface area contributed by atoms with Crippen LogP contribution in [-0.4, -0.2) is 27.9 Å². The Morgan fingerprint density at radius 2 is 1.72 bits per heavy atom. The summed E-state index contributed by atoms with van der Waals surface area (Å²) in [5, 5.41) is 6.85. The zero-order valence-corrected chi connectivity index (χ0v) is 20.4. The van der Waals surface area contributed by atoms with Crippen LogP contribution < -0.4 is 0 Å². The van der Waals surface area contributed by atoms with Crippen LogP contribution in [0.5, 0.6) is 0 Å². The van der Waals surface area contributed by atoms with Crippen molar-refractivity contribution in [2.75, 3.05) is 0 Å². The number of sulfonamides is 1. The van der Waals surface area contributed by atoms with Crippen LogP contribution in [0.3, 0.4) is 0 Å². The van der Waals surface area contributed by atoms with Gasteiger partial charge < -0.3 is 0 Å². The van der Waals surface area contributed by atoms with Gasteiger partial charge in [-0.25, -0.2) is 12.8 Å². The number of nitrogens with zero attached hydrogens (tertiary/aromatic N) is 3. The number of nitrogens with one attached hydrogen (secondary N) is 1. The molecule has 0 saturated heterocycles. The second kappa shape index (κ2) is 8.86. The van der Waals surface area contributed by atoms with Crippen molar-refractivity contribution in [1.82, 2.24) is 19.5 Å². The number of H-pyrrole nitrogens is 1. The number of alkyl halides is 3. The van der Waals surface area contributed by atoms with Gasteiger partial charge in [0.1, 0.15) is 16.4 Å². The molecule has 0 spiro atoms. The Labute approximate surface area is 211 Å². The number of hydrogen-bond acceptors (Lipinski definition) is 4. The summed E-state index contributed by atoms with van der Waals surface area (Å²) >= 11 is 3.59. The molecule has 0 saturated carbocycles. The van der Waals surface area contributed by atoms with Gasteiger partial charge in [-0.05, 0) is 63.0 Å². The van der Waals surface area contributed by atoms with E-state index in [2.05, 4.69) is 31.1 Å². The average Bonchev–Trinajstić information content (AvgIpc) is 3.33. The van der Waals surface area contributed by atoms with Gasteiger partial charge in [-0.2, -0.15) is 18.3 Å². The molecular weight excluding hydrogens is 564 g/mol. The number of rotatable bonds is 4. The van der Waals surface area contributed by atoms with Crippen molar-refractivity contribution in [3.8, 4) is 11.1 Å². The topological polar surface area (TPSA) is 79.0 Å². The number of halogens is 5. The molecule has 0 fully saturated rings. The van der Waals surface area contributed by atoms with E-state index in [0.717, 1.165) is 10.4 Å². The third-order valence-corrected chi connectivity index (χ3v) is 8.33. The van der Waals surface area contributed by atoms with E-state index in [4.69, 9.17) is 0 Å². The fourth-order valence-electron chi connectivity index (χ4n) is 3.99. The van der Waals surface area contributed by atoms with E-state index in [1.807, 2.05) is 0 Å². The lowest BCUT2D eigenvalue weighted by molar-refractivity contribution is -0.141. The maximum atomic E-state index is 13.6.